The predicted molar refractivity (Wildman–Crippen MR) is 106 cm³/mol. The van der Waals surface area contributed by atoms with Crippen LogP contribution in [0.4, 0.5) is 5.82 Å². The second-order valence-electron chi connectivity index (χ2n) is 6.42. The van der Waals surface area contributed by atoms with Crippen LogP contribution in [0.5, 0.6) is 0 Å². The van der Waals surface area contributed by atoms with Gasteiger partial charge in [-0.15, -0.1) is 10.2 Å². The van der Waals surface area contributed by atoms with Gasteiger partial charge in [-0.05, 0) is 31.2 Å². The van der Waals surface area contributed by atoms with Crippen molar-refractivity contribution in [1.29, 1.82) is 0 Å². The van der Waals surface area contributed by atoms with Crippen molar-refractivity contribution in [2.75, 3.05) is 31.1 Å². The molecular weight excluding hydrogens is 400 g/mol. The van der Waals surface area contributed by atoms with Crippen molar-refractivity contribution < 1.29 is 8.42 Å². The van der Waals surface area contributed by atoms with Crippen LogP contribution in [-0.2, 0) is 10.0 Å². The monoisotopic (exact) mass is 418 g/mol. The average molecular weight is 419 g/mol. The topological polar surface area (TPSA) is 84.2 Å². The molecule has 0 saturated carbocycles. The Bertz CT molecular complexity index is 1080. The van der Waals surface area contributed by atoms with Crippen LogP contribution >= 0.6 is 11.6 Å². The normalized spacial score (nSPS) is 15.7. The van der Waals surface area contributed by atoms with Crippen molar-refractivity contribution in [3.05, 3.63) is 59.6 Å². The summed E-state index contributed by atoms with van der Waals surface area (Å²) < 4.78 is 29.0. The summed E-state index contributed by atoms with van der Waals surface area (Å²) in [7, 11) is -3.61. The predicted octanol–water partition coefficient (Wildman–Crippen LogP) is 2.14. The Balaban J connectivity index is 1.46. The van der Waals surface area contributed by atoms with Crippen LogP contribution in [0.2, 0.25) is 5.02 Å². The molecule has 0 unspecified atom stereocenters. The fourth-order valence-corrected chi connectivity index (χ4v) is 5.10. The highest BCUT2D eigenvalue weighted by Crippen LogP contribution is 2.25. The fraction of sp³-hybridized carbons (Fsp3) is 0.278. The van der Waals surface area contributed by atoms with Crippen molar-refractivity contribution in [3.63, 3.8) is 0 Å². The first-order valence-corrected chi connectivity index (χ1v) is 10.6. The van der Waals surface area contributed by atoms with Gasteiger partial charge in [-0.1, -0.05) is 23.7 Å². The van der Waals surface area contributed by atoms with E-state index in [-0.39, 0.29) is 9.92 Å². The van der Waals surface area contributed by atoms with Crippen molar-refractivity contribution in [1.82, 2.24) is 24.1 Å². The van der Waals surface area contributed by atoms with E-state index in [1.165, 1.54) is 10.4 Å². The third kappa shape index (κ3) is 3.48. The molecule has 1 aliphatic heterocycles. The maximum atomic E-state index is 12.8. The second kappa shape index (κ2) is 7.50. The molecule has 3 heterocycles. The highest BCUT2D eigenvalue weighted by atomic mass is 35.5. The van der Waals surface area contributed by atoms with Crippen LogP contribution in [0.3, 0.4) is 0 Å². The molecule has 0 amide bonds. The van der Waals surface area contributed by atoms with E-state index in [2.05, 4.69) is 15.2 Å². The Labute approximate surface area is 168 Å². The Morgan fingerprint density at radius 3 is 2.25 bits per heavy atom. The SMILES string of the molecule is Cc1nccn1-c1ccc(N2CCN(S(=O)(=O)c3ccccc3Cl)CC2)nn1. The zero-order valence-electron chi connectivity index (χ0n) is 15.2. The van der Waals surface area contributed by atoms with Gasteiger partial charge in [0.05, 0.1) is 5.02 Å². The summed E-state index contributed by atoms with van der Waals surface area (Å²) in [5.41, 5.74) is 0. The quantitative estimate of drug-likeness (QED) is 0.645. The van der Waals surface area contributed by atoms with E-state index in [4.69, 9.17) is 11.6 Å². The molecule has 0 radical (unpaired) electrons. The van der Waals surface area contributed by atoms with E-state index in [0.29, 0.717) is 32.0 Å². The number of sulfonamides is 1. The number of hydrogen-bond acceptors (Lipinski definition) is 6. The number of aryl methyl sites for hydroxylation is 1. The van der Waals surface area contributed by atoms with Crippen LogP contribution in [0, 0.1) is 6.92 Å². The van der Waals surface area contributed by atoms with Gasteiger partial charge in [0.1, 0.15) is 10.7 Å². The Hall–Kier alpha value is -2.49. The third-order valence-electron chi connectivity index (χ3n) is 4.73. The lowest BCUT2D eigenvalue weighted by Gasteiger charge is -2.34. The summed E-state index contributed by atoms with van der Waals surface area (Å²) in [6.07, 6.45) is 3.54. The molecule has 3 aromatic rings. The summed E-state index contributed by atoms with van der Waals surface area (Å²) in [4.78, 5) is 6.35. The van der Waals surface area contributed by atoms with Crippen LogP contribution in [-0.4, -0.2) is 58.7 Å². The number of piperazine rings is 1. The first kappa shape index (κ1) is 18.9. The minimum Gasteiger partial charge on any atom is -0.352 e. The molecule has 1 aromatic carbocycles. The molecule has 0 bridgehead atoms. The van der Waals surface area contributed by atoms with E-state index in [0.717, 1.165) is 11.6 Å². The number of benzene rings is 1. The zero-order chi connectivity index (χ0) is 19.7. The summed E-state index contributed by atoms with van der Waals surface area (Å²) in [6.45, 7) is 3.67. The van der Waals surface area contributed by atoms with Crippen LogP contribution in [0.25, 0.3) is 5.82 Å². The number of hydrogen-bond donors (Lipinski definition) is 0. The molecule has 1 aliphatic rings. The van der Waals surface area contributed by atoms with E-state index in [9.17, 15) is 8.42 Å². The molecule has 2 aromatic heterocycles. The molecule has 0 spiro atoms. The highest BCUT2D eigenvalue weighted by molar-refractivity contribution is 7.89. The Morgan fingerprint density at radius 1 is 0.964 bits per heavy atom. The molecule has 0 aliphatic carbocycles. The smallest absolute Gasteiger partial charge is 0.244 e. The van der Waals surface area contributed by atoms with Crippen LogP contribution in [0.1, 0.15) is 5.82 Å². The molecular formula is C18H19ClN6O2S. The third-order valence-corrected chi connectivity index (χ3v) is 7.12. The van der Waals surface area contributed by atoms with Crippen molar-refractivity contribution in [3.8, 4) is 5.82 Å². The fourth-order valence-electron chi connectivity index (χ4n) is 3.19. The lowest BCUT2D eigenvalue weighted by Crippen LogP contribution is -2.49. The minimum atomic E-state index is -3.61. The minimum absolute atomic E-state index is 0.143. The highest BCUT2D eigenvalue weighted by Gasteiger charge is 2.30. The Morgan fingerprint density at radius 2 is 1.64 bits per heavy atom. The van der Waals surface area contributed by atoms with Gasteiger partial charge in [-0.3, -0.25) is 4.57 Å². The van der Waals surface area contributed by atoms with Gasteiger partial charge >= 0.3 is 0 Å². The first-order valence-electron chi connectivity index (χ1n) is 8.80. The van der Waals surface area contributed by atoms with Gasteiger partial charge in [-0.2, -0.15) is 4.31 Å². The average Bonchev–Trinajstić information content (AvgIpc) is 3.14. The Kier molecular flexibility index (Phi) is 5.05. The maximum absolute atomic E-state index is 12.8. The number of nitrogens with zero attached hydrogens (tertiary/aromatic N) is 6. The lowest BCUT2D eigenvalue weighted by atomic mass is 10.3. The number of imidazole rings is 1. The maximum Gasteiger partial charge on any atom is 0.244 e. The van der Waals surface area contributed by atoms with Gasteiger partial charge in [0.15, 0.2) is 11.6 Å². The number of anilines is 1. The van der Waals surface area contributed by atoms with Crippen LogP contribution in [0.15, 0.2) is 53.7 Å². The van der Waals surface area contributed by atoms with E-state index in [1.54, 1.807) is 24.4 Å². The molecule has 146 valence electrons. The lowest BCUT2D eigenvalue weighted by molar-refractivity contribution is 0.383. The number of halogens is 1. The van der Waals surface area contributed by atoms with Crippen molar-refractivity contribution in [2.45, 2.75) is 11.8 Å². The van der Waals surface area contributed by atoms with Gasteiger partial charge < -0.3 is 4.90 Å². The van der Waals surface area contributed by atoms with E-state index < -0.39 is 10.0 Å². The number of aromatic nitrogens is 4. The molecule has 1 fully saturated rings. The molecule has 28 heavy (non-hydrogen) atoms. The summed E-state index contributed by atoms with van der Waals surface area (Å²) >= 11 is 6.08. The van der Waals surface area contributed by atoms with E-state index in [1.807, 2.05) is 34.7 Å². The largest absolute Gasteiger partial charge is 0.352 e. The summed E-state index contributed by atoms with van der Waals surface area (Å²) in [6, 6.07) is 10.3. The molecule has 0 N–H and O–H groups in total. The molecule has 1 saturated heterocycles. The first-order chi connectivity index (χ1) is 13.5. The van der Waals surface area contributed by atoms with Gasteiger partial charge in [-0.25, -0.2) is 13.4 Å². The van der Waals surface area contributed by atoms with Crippen molar-refractivity contribution in [2.24, 2.45) is 0 Å². The second-order valence-corrected chi connectivity index (χ2v) is 8.73. The zero-order valence-corrected chi connectivity index (χ0v) is 16.8. The summed E-state index contributed by atoms with van der Waals surface area (Å²) in [5, 5.41) is 8.80. The van der Waals surface area contributed by atoms with E-state index >= 15 is 0 Å². The standard InChI is InChI=1S/C18H19ClN6O2S/c1-14-20-8-9-25(14)18-7-6-17(21-22-18)23-10-12-24(13-11-23)28(26,27)16-5-3-2-4-15(16)19/h2-9H,10-13H2,1H3. The van der Waals surface area contributed by atoms with Crippen LogP contribution < -0.4 is 4.90 Å². The van der Waals surface area contributed by atoms with Gasteiger partial charge in [0, 0.05) is 38.6 Å². The molecule has 0 atom stereocenters. The number of rotatable bonds is 4. The molecule has 8 nitrogen and oxygen atoms in total. The van der Waals surface area contributed by atoms with Crippen molar-refractivity contribution >= 4 is 27.4 Å². The van der Waals surface area contributed by atoms with Gasteiger partial charge in [0.25, 0.3) is 0 Å². The molecule has 4 rings (SSSR count). The van der Waals surface area contributed by atoms with Gasteiger partial charge in [0.2, 0.25) is 10.0 Å². The summed E-state index contributed by atoms with van der Waals surface area (Å²) in [5.74, 6) is 2.25. The molecule has 10 heteroatoms.